The van der Waals surface area contributed by atoms with Crippen LogP contribution >= 0.6 is 11.6 Å². The molecule has 0 aliphatic heterocycles. The molecule has 0 aromatic heterocycles. The SMILES string of the molecule is COc1cc(Cl)cc(CC(=O)/C=C/C(=O)O)c1. The molecule has 0 aliphatic carbocycles. The first-order valence-electron chi connectivity index (χ1n) is 4.78. The first-order chi connectivity index (χ1) is 8.01. The van der Waals surface area contributed by atoms with Gasteiger partial charge in [0.1, 0.15) is 5.75 Å². The van der Waals surface area contributed by atoms with Crippen LogP contribution in [0.15, 0.2) is 30.4 Å². The van der Waals surface area contributed by atoms with E-state index in [0.717, 1.165) is 12.2 Å². The summed E-state index contributed by atoms with van der Waals surface area (Å²) in [5.41, 5.74) is 0.675. The van der Waals surface area contributed by atoms with Crippen molar-refractivity contribution in [1.29, 1.82) is 0 Å². The van der Waals surface area contributed by atoms with Crippen LogP contribution in [0.3, 0.4) is 0 Å². The lowest BCUT2D eigenvalue weighted by Crippen LogP contribution is -2.00. The Balaban J connectivity index is 2.77. The molecule has 0 atom stereocenters. The van der Waals surface area contributed by atoms with Gasteiger partial charge in [-0.3, -0.25) is 4.79 Å². The van der Waals surface area contributed by atoms with Gasteiger partial charge in [0.15, 0.2) is 5.78 Å². The second-order valence-corrected chi connectivity index (χ2v) is 3.75. The molecular formula is C12H11ClO4. The van der Waals surface area contributed by atoms with Crippen molar-refractivity contribution >= 4 is 23.4 Å². The molecule has 90 valence electrons. The summed E-state index contributed by atoms with van der Waals surface area (Å²) in [6.07, 6.45) is 1.92. The smallest absolute Gasteiger partial charge is 0.328 e. The van der Waals surface area contributed by atoms with E-state index in [1.165, 1.54) is 7.11 Å². The molecule has 0 aliphatic rings. The molecule has 1 N–H and O–H groups in total. The third-order valence-electron chi connectivity index (χ3n) is 1.96. The average Bonchev–Trinajstić information content (AvgIpc) is 2.25. The zero-order valence-corrected chi connectivity index (χ0v) is 9.90. The average molecular weight is 255 g/mol. The van der Waals surface area contributed by atoms with E-state index in [9.17, 15) is 9.59 Å². The third kappa shape index (κ3) is 4.70. The molecule has 0 fully saturated rings. The number of ether oxygens (including phenoxy) is 1. The van der Waals surface area contributed by atoms with Crippen molar-refractivity contribution in [2.75, 3.05) is 7.11 Å². The van der Waals surface area contributed by atoms with Gasteiger partial charge < -0.3 is 9.84 Å². The Morgan fingerprint density at radius 3 is 2.65 bits per heavy atom. The van der Waals surface area contributed by atoms with Crippen molar-refractivity contribution in [3.63, 3.8) is 0 Å². The molecule has 4 nitrogen and oxygen atoms in total. The van der Waals surface area contributed by atoms with Gasteiger partial charge in [0, 0.05) is 17.5 Å². The standard InChI is InChI=1S/C12H11ClO4/c1-17-11-6-8(4-9(13)7-11)5-10(14)2-3-12(15)16/h2-4,6-7H,5H2,1H3,(H,15,16)/b3-2+. The van der Waals surface area contributed by atoms with Crippen LogP contribution in [-0.4, -0.2) is 24.0 Å². The van der Waals surface area contributed by atoms with Crippen LogP contribution in [-0.2, 0) is 16.0 Å². The summed E-state index contributed by atoms with van der Waals surface area (Å²) in [5.74, 6) is -0.902. The maximum absolute atomic E-state index is 11.4. The van der Waals surface area contributed by atoms with Gasteiger partial charge in [0.05, 0.1) is 7.11 Å². The Hall–Kier alpha value is -1.81. The molecule has 0 spiro atoms. The molecule has 1 aromatic carbocycles. The van der Waals surface area contributed by atoms with Crippen LogP contribution in [0.5, 0.6) is 5.75 Å². The van der Waals surface area contributed by atoms with Crippen molar-refractivity contribution in [2.24, 2.45) is 0 Å². The summed E-state index contributed by atoms with van der Waals surface area (Å²) in [7, 11) is 1.50. The zero-order chi connectivity index (χ0) is 12.8. The molecule has 1 rings (SSSR count). The molecule has 0 amide bonds. The van der Waals surface area contributed by atoms with Crippen LogP contribution in [0.1, 0.15) is 5.56 Å². The lowest BCUT2D eigenvalue weighted by molar-refractivity contribution is -0.131. The molecular weight excluding hydrogens is 244 g/mol. The number of carbonyl (C=O) groups is 2. The minimum Gasteiger partial charge on any atom is -0.497 e. The third-order valence-corrected chi connectivity index (χ3v) is 2.18. The first-order valence-corrected chi connectivity index (χ1v) is 5.16. The van der Waals surface area contributed by atoms with Crippen molar-refractivity contribution in [2.45, 2.75) is 6.42 Å². The molecule has 5 heteroatoms. The topological polar surface area (TPSA) is 63.6 Å². The summed E-state index contributed by atoms with van der Waals surface area (Å²) in [6, 6.07) is 4.94. The predicted molar refractivity (Wildman–Crippen MR) is 63.5 cm³/mol. The number of methoxy groups -OCH3 is 1. The van der Waals surface area contributed by atoms with Gasteiger partial charge in [-0.05, 0) is 29.8 Å². The monoisotopic (exact) mass is 254 g/mol. The van der Waals surface area contributed by atoms with Gasteiger partial charge in [0.2, 0.25) is 0 Å². The van der Waals surface area contributed by atoms with Gasteiger partial charge >= 0.3 is 5.97 Å². The van der Waals surface area contributed by atoms with E-state index >= 15 is 0 Å². The van der Waals surface area contributed by atoms with Crippen LogP contribution in [0.2, 0.25) is 5.02 Å². The maximum Gasteiger partial charge on any atom is 0.328 e. The van der Waals surface area contributed by atoms with Crippen molar-refractivity contribution in [3.05, 3.63) is 40.9 Å². The van der Waals surface area contributed by atoms with E-state index in [-0.39, 0.29) is 12.2 Å². The van der Waals surface area contributed by atoms with Gasteiger partial charge in [-0.2, -0.15) is 0 Å². The quantitative estimate of drug-likeness (QED) is 0.818. The van der Waals surface area contributed by atoms with Crippen molar-refractivity contribution in [3.8, 4) is 5.75 Å². The van der Waals surface area contributed by atoms with Gasteiger partial charge in [0.25, 0.3) is 0 Å². The fourth-order valence-electron chi connectivity index (χ4n) is 1.26. The highest BCUT2D eigenvalue weighted by atomic mass is 35.5. The Bertz CT molecular complexity index is 466. The summed E-state index contributed by atoms with van der Waals surface area (Å²) >= 11 is 5.84. The highest BCUT2D eigenvalue weighted by Crippen LogP contribution is 2.21. The lowest BCUT2D eigenvalue weighted by atomic mass is 10.1. The number of rotatable bonds is 5. The molecule has 0 bridgehead atoms. The van der Waals surface area contributed by atoms with Crippen LogP contribution < -0.4 is 4.74 Å². The fraction of sp³-hybridized carbons (Fsp3) is 0.167. The van der Waals surface area contributed by atoms with Crippen LogP contribution in [0.25, 0.3) is 0 Å². The summed E-state index contributed by atoms with van der Waals surface area (Å²) in [6.45, 7) is 0. The minimum absolute atomic E-state index is 0.0840. The number of halogens is 1. The highest BCUT2D eigenvalue weighted by molar-refractivity contribution is 6.30. The van der Waals surface area contributed by atoms with Crippen LogP contribution in [0, 0.1) is 0 Å². The molecule has 0 saturated carbocycles. The van der Waals surface area contributed by atoms with Gasteiger partial charge in [-0.15, -0.1) is 0 Å². The number of carboxylic acids is 1. The Morgan fingerprint density at radius 2 is 2.06 bits per heavy atom. The number of carbonyl (C=O) groups excluding carboxylic acids is 1. The number of aliphatic carboxylic acids is 1. The fourth-order valence-corrected chi connectivity index (χ4v) is 1.51. The lowest BCUT2D eigenvalue weighted by Gasteiger charge is -2.04. The molecule has 0 heterocycles. The van der Waals surface area contributed by atoms with E-state index in [0.29, 0.717) is 16.3 Å². The maximum atomic E-state index is 11.4. The Kier molecular flexibility index (Phi) is 4.72. The number of allylic oxidation sites excluding steroid dienone is 1. The van der Waals surface area contributed by atoms with Crippen molar-refractivity contribution in [1.82, 2.24) is 0 Å². The zero-order valence-electron chi connectivity index (χ0n) is 9.14. The molecule has 0 radical (unpaired) electrons. The highest BCUT2D eigenvalue weighted by Gasteiger charge is 2.04. The van der Waals surface area contributed by atoms with Crippen LogP contribution in [0.4, 0.5) is 0 Å². The molecule has 1 aromatic rings. The van der Waals surface area contributed by atoms with Gasteiger partial charge in [-0.25, -0.2) is 4.79 Å². The number of hydrogen-bond donors (Lipinski definition) is 1. The Morgan fingerprint density at radius 1 is 1.35 bits per heavy atom. The van der Waals surface area contributed by atoms with Crippen molar-refractivity contribution < 1.29 is 19.4 Å². The second-order valence-electron chi connectivity index (χ2n) is 3.31. The molecule has 17 heavy (non-hydrogen) atoms. The number of hydrogen-bond acceptors (Lipinski definition) is 3. The largest absolute Gasteiger partial charge is 0.497 e. The number of benzene rings is 1. The van der Waals surface area contributed by atoms with E-state index in [1.54, 1.807) is 18.2 Å². The second kappa shape index (κ2) is 6.06. The first kappa shape index (κ1) is 13.3. The summed E-state index contributed by atoms with van der Waals surface area (Å²) < 4.78 is 5.01. The van der Waals surface area contributed by atoms with Gasteiger partial charge in [-0.1, -0.05) is 11.6 Å². The number of carboxylic acid groups (broad SMARTS) is 1. The van der Waals surface area contributed by atoms with E-state index in [2.05, 4.69) is 0 Å². The number of ketones is 1. The van der Waals surface area contributed by atoms with E-state index in [4.69, 9.17) is 21.4 Å². The molecule has 0 unspecified atom stereocenters. The molecule has 0 saturated heterocycles. The normalized spacial score (nSPS) is 10.5. The summed E-state index contributed by atoms with van der Waals surface area (Å²) in [5, 5.41) is 8.84. The minimum atomic E-state index is -1.15. The van der Waals surface area contributed by atoms with E-state index in [1.807, 2.05) is 0 Å². The summed E-state index contributed by atoms with van der Waals surface area (Å²) in [4.78, 5) is 21.6. The Labute approximate surface area is 103 Å². The van der Waals surface area contributed by atoms with E-state index < -0.39 is 5.97 Å². The predicted octanol–water partition coefficient (Wildman–Crippen LogP) is 2.10.